The molecular formula is C21H29N3O3S. The first-order valence-corrected chi connectivity index (χ1v) is 11.3. The molecule has 0 radical (unpaired) electrons. The van der Waals surface area contributed by atoms with Crippen LogP contribution in [0.2, 0.25) is 0 Å². The first kappa shape index (κ1) is 20.6. The Kier molecular flexibility index (Phi) is 6.25. The first-order valence-electron chi connectivity index (χ1n) is 9.82. The summed E-state index contributed by atoms with van der Waals surface area (Å²) in [6.45, 7) is 4.28. The smallest absolute Gasteiger partial charge is 0.268 e. The van der Waals surface area contributed by atoms with Crippen LogP contribution in [0.3, 0.4) is 0 Å². The zero-order valence-electron chi connectivity index (χ0n) is 16.6. The normalized spacial score (nSPS) is 16.2. The van der Waals surface area contributed by atoms with Gasteiger partial charge in [0.25, 0.3) is 5.91 Å². The van der Waals surface area contributed by atoms with Crippen LogP contribution in [0.5, 0.6) is 0 Å². The SMILES string of the molecule is C=CCn1c(C(=O)NC2CCCCCC2)cc2cc(S(=O)(=O)N(C)C)ccc21. The summed E-state index contributed by atoms with van der Waals surface area (Å²) >= 11 is 0. The van der Waals surface area contributed by atoms with E-state index in [1.807, 2.05) is 4.57 Å². The van der Waals surface area contributed by atoms with Gasteiger partial charge in [0.2, 0.25) is 10.0 Å². The van der Waals surface area contributed by atoms with Crippen LogP contribution in [0.25, 0.3) is 10.9 Å². The lowest BCUT2D eigenvalue weighted by Crippen LogP contribution is -2.35. The number of carbonyl (C=O) groups excluding carboxylic acids is 1. The highest BCUT2D eigenvalue weighted by molar-refractivity contribution is 7.89. The van der Waals surface area contributed by atoms with Crippen LogP contribution in [-0.2, 0) is 16.6 Å². The Morgan fingerprint density at radius 3 is 2.50 bits per heavy atom. The van der Waals surface area contributed by atoms with Crippen LogP contribution in [0, 0.1) is 0 Å². The van der Waals surface area contributed by atoms with Gasteiger partial charge in [-0.3, -0.25) is 4.79 Å². The molecule has 0 saturated heterocycles. The number of hydrogen-bond acceptors (Lipinski definition) is 3. The van der Waals surface area contributed by atoms with E-state index in [-0.39, 0.29) is 16.8 Å². The molecule has 6 nitrogen and oxygen atoms in total. The summed E-state index contributed by atoms with van der Waals surface area (Å²) < 4.78 is 28.0. The quantitative estimate of drug-likeness (QED) is 0.592. The molecule has 1 aliphatic rings. The molecule has 3 rings (SSSR count). The Balaban J connectivity index is 1.97. The highest BCUT2D eigenvalue weighted by atomic mass is 32.2. The molecule has 152 valence electrons. The van der Waals surface area contributed by atoms with Gasteiger partial charge in [-0.2, -0.15) is 0 Å². The number of allylic oxidation sites excluding steroid dienone is 1. The molecule has 1 fully saturated rings. The van der Waals surface area contributed by atoms with Gasteiger partial charge in [-0.1, -0.05) is 31.8 Å². The number of nitrogens with one attached hydrogen (secondary N) is 1. The van der Waals surface area contributed by atoms with Gasteiger partial charge in [0, 0.05) is 37.6 Å². The Bertz CT molecular complexity index is 968. The molecule has 1 heterocycles. The number of carbonyl (C=O) groups is 1. The van der Waals surface area contributed by atoms with Crippen molar-refractivity contribution in [2.45, 2.75) is 56.0 Å². The highest BCUT2D eigenvalue weighted by Crippen LogP contribution is 2.25. The predicted octanol–water partition coefficient (Wildman–Crippen LogP) is 3.53. The minimum atomic E-state index is -3.53. The monoisotopic (exact) mass is 403 g/mol. The van der Waals surface area contributed by atoms with Gasteiger partial charge in [0.1, 0.15) is 5.69 Å². The maximum Gasteiger partial charge on any atom is 0.268 e. The van der Waals surface area contributed by atoms with E-state index in [0.29, 0.717) is 12.2 Å². The Hall–Kier alpha value is -2.12. The van der Waals surface area contributed by atoms with Gasteiger partial charge in [-0.25, -0.2) is 12.7 Å². The minimum Gasteiger partial charge on any atom is -0.348 e. The summed E-state index contributed by atoms with van der Waals surface area (Å²) in [6, 6.07) is 6.96. The van der Waals surface area contributed by atoms with Crippen LogP contribution in [0.15, 0.2) is 41.8 Å². The number of hydrogen-bond donors (Lipinski definition) is 1. The fraction of sp³-hybridized carbons (Fsp3) is 0.476. The fourth-order valence-electron chi connectivity index (χ4n) is 3.82. The second-order valence-electron chi connectivity index (χ2n) is 7.60. The van der Waals surface area contributed by atoms with Crippen LogP contribution in [0.4, 0.5) is 0 Å². The van der Waals surface area contributed by atoms with Gasteiger partial charge in [0.05, 0.1) is 4.90 Å². The third-order valence-corrected chi connectivity index (χ3v) is 7.20. The number of nitrogens with zero attached hydrogens (tertiary/aromatic N) is 2. The first-order chi connectivity index (χ1) is 13.3. The van der Waals surface area contributed by atoms with Crippen molar-refractivity contribution in [3.63, 3.8) is 0 Å². The molecule has 1 saturated carbocycles. The molecule has 0 atom stereocenters. The molecule has 2 aromatic rings. The Morgan fingerprint density at radius 2 is 1.89 bits per heavy atom. The summed E-state index contributed by atoms with van der Waals surface area (Å²) in [5.74, 6) is -0.109. The lowest BCUT2D eigenvalue weighted by Gasteiger charge is -2.17. The van der Waals surface area contributed by atoms with E-state index in [0.717, 1.165) is 36.6 Å². The number of sulfonamides is 1. The number of fused-ring (bicyclic) bond motifs is 1. The summed E-state index contributed by atoms with van der Waals surface area (Å²) in [5, 5.41) is 3.91. The molecule has 28 heavy (non-hydrogen) atoms. The maximum absolute atomic E-state index is 13.0. The second-order valence-corrected chi connectivity index (χ2v) is 9.75. The number of aromatic nitrogens is 1. The summed E-state index contributed by atoms with van der Waals surface area (Å²) in [5.41, 5.74) is 1.36. The van der Waals surface area contributed by atoms with Gasteiger partial charge in [-0.05, 0) is 37.1 Å². The van der Waals surface area contributed by atoms with E-state index in [4.69, 9.17) is 0 Å². The Morgan fingerprint density at radius 1 is 1.21 bits per heavy atom. The minimum absolute atomic E-state index is 0.109. The number of amides is 1. The average Bonchev–Trinajstić information content (AvgIpc) is 2.82. The molecular weight excluding hydrogens is 374 g/mol. The van der Waals surface area contributed by atoms with Crippen molar-refractivity contribution >= 4 is 26.8 Å². The van der Waals surface area contributed by atoms with Crippen molar-refractivity contribution < 1.29 is 13.2 Å². The van der Waals surface area contributed by atoms with Crippen molar-refractivity contribution in [2.75, 3.05) is 14.1 Å². The molecule has 1 amide bonds. The summed E-state index contributed by atoms with van der Waals surface area (Å²) in [4.78, 5) is 13.2. The van der Waals surface area contributed by atoms with Gasteiger partial charge in [-0.15, -0.1) is 6.58 Å². The molecule has 0 spiro atoms. The standard InChI is InChI=1S/C21H29N3O3S/c1-4-13-24-19-12-11-18(28(26,27)23(2)3)14-16(19)15-20(24)21(25)22-17-9-7-5-6-8-10-17/h4,11-12,14-15,17H,1,5-10,13H2,2-3H3,(H,22,25). The molecule has 1 N–H and O–H groups in total. The maximum atomic E-state index is 13.0. The number of benzene rings is 1. The van der Waals surface area contributed by atoms with Crippen molar-refractivity contribution in [3.8, 4) is 0 Å². The zero-order chi connectivity index (χ0) is 20.3. The van der Waals surface area contributed by atoms with Gasteiger partial charge < -0.3 is 9.88 Å². The van der Waals surface area contributed by atoms with Gasteiger partial charge >= 0.3 is 0 Å². The average molecular weight is 404 g/mol. The Labute approximate surface area is 167 Å². The fourth-order valence-corrected chi connectivity index (χ4v) is 4.75. The molecule has 0 unspecified atom stereocenters. The molecule has 1 aromatic heterocycles. The van der Waals surface area contributed by atoms with E-state index in [1.54, 1.807) is 30.3 Å². The van der Waals surface area contributed by atoms with Crippen molar-refractivity contribution in [2.24, 2.45) is 0 Å². The molecule has 1 aliphatic carbocycles. The molecule has 1 aromatic carbocycles. The van der Waals surface area contributed by atoms with Crippen LogP contribution in [-0.4, -0.2) is 43.3 Å². The largest absolute Gasteiger partial charge is 0.348 e. The predicted molar refractivity (Wildman–Crippen MR) is 112 cm³/mol. The highest BCUT2D eigenvalue weighted by Gasteiger charge is 2.22. The van der Waals surface area contributed by atoms with Crippen LogP contribution >= 0.6 is 0 Å². The molecule has 0 bridgehead atoms. The number of rotatable bonds is 6. The van der Waals surface area contributed by atoms with E-state index in [9.17, 15) is 13.2 Å². The van der Waals surface area contributed by atoms with E-state index in [2.05, 4.69) is 11.9 Å². The van der Waals surface area contributed by atoms with E-state index < -0.39 is 10.0 Å². The lowest BCUT2D eigenvalue weighted by molar-refractivity contribution is 0.0925. The van der Waals surface area contributed by atoms with Gasteiger partial charge in [0.15, 0.2) is 0 Å². The van der Waals surface area contributed by atoms with Crippen molar-refractivity contribution in [1.82, 2.24) is 14.2 Å². The topological polar surface area (TPSA) is 71.4 Å². The second kappa shape index (κ2) is 8.49. The summed E-state index contributed by atoms with van der Waals surface area (Å²) in [6.07, 6.45) is 8.51. The van der Waals surface area contributed by atoms with Crippen molar-refractivity contribution in [1.29, 1.82) is 0 Å². The van der Waals surface area contributed by atoms with Crippen molar-refractivity contribution in [3.05, 3.63) is 42.6 Å². The third kappa shape index (κ3) is 4.15. The van der Waals surface area contributed by atoms with E-state index >= 15 is 0 Å². The summed E-state index contributed by atoms with van der Waals surface area (Å²) in [7, 11) is -0.512. The molecule has 7 heteroatoms. The lowest BCUT2D eigenvalue weighted by atomic mass is 10.1. The van der Waals surface area contributed by atoms with E-state index in [1.165, 1.54) is 31.2 Å². The van der Waals surface area contributed by atoms with Crippen LogP contribution in [0.1, 0.15) is 49.0 Å². The third-order valence-electron chi connectivity index (χ3n) is 5.39. The zero-order valence-corrected chi connectivity index (χ0v) is 17.5. The van der Waals surface area contributed by atoms with Crippen LogP contribution < -0.4 is 5.32 Å². The molecule has 0 aliphatic heterocycles.